The Morgan fingerprint density at radius 2 is 2.17 bits per heavy atom. The maximum atomic E-state index is 3.30. The van der Waals surface area contributed by atoms with Gasteiger partial charge in [-0.2, -0.15) is 0 Å². The van der Waals surface area contributed by atoms with E-state index in [2.05, 4.69) is 50.4 Å². The fraction of sp³-hybridized carbons (Fsp3) is 0.455. The molecule has 12 heavy (non-hydrogen) atoms. The van der Waals surface area contributed by atoms with E-state index in [-0.39, 0.29) is 5.54 Å². The molecule has 0 aliphatic heterocycles. The molecule has 0 aromatic carbocycles. The molecule has 1 aliphatic carbocycles. The highest BCUT2D eigenvalue weighted by Gasteiger charge is 2.23. The highest BCUT2D eigenvalue weighted by atomic mass is 14.9. The van der Waals surface area contributed by atoms with Gasteiger partial charge in [0.25, 0.3) is 0 Å². The van der Waals surface area contributed by atoms with E-state index >= 15 is 0 Å². The molecule has 0 radical (unpaired) electrons. The summed E-state index contributed by atoms with van der Waals surface area (Å²) in [5.41, 5.74) is 2.68. The molecule has 0 saturated carbocycles. The fourth-order valence-electron chi connectivity index (χ4n) is 1.45. The molecule has 0 bridgehead atoms. The van der Waals surface area contributed by atoms with Gasteiger partial charge in [-0.15, -0.1) is 0 Å². The minimum Gasteiger partial charge on any atom is -0.308 e. The Labute approximate surface area is 74.9 Å². The monoisotopic (exact) mass is 163 g/mol. The minimum atomic E-state index is 0.0221. The van der Waals surface area contributed by atoms with Gasteiger partial charge in [-0.1, -0.05) is 29.9 Å². The summed E-state index contributed by atoms with van der Waals surface area (Å²) in [5.74, 6) is 0. The second-order valence-electron chi connectivity index (χ2n) is 3.42. The van der Waals surface area contributed by atoms with Crippen LogP contribution in [-0.2, 0) is 0 Å². The van der Waals surface area contributed by atoms with Crippen LogP contribution in [0.4, 0.5) is 0 Å². The van der Waals surface area contributed by atoms with Gasteiger partial charge in [0.05, 0.1) is 5.54 Å². The quantitative estimate of drug-likeness (QED) is 0.626. The Morgan fingerprint density at radius 3 is 2.67 bits per heavy atom. The van der Waals surface area contributed by atoms with Crippen LogP contribution in [0.3, 0.4) is 0 Å². The Hall–Kier alpha value is -0.820. The van der Waals surface area contributed by atoms with Crippen LogP contribution in [0, 0.1) is 0 Å². The molecule has 0 saturated heterocycles. The van der Waals surface area contributed by atoms with Gasteiger partial charge in [-0.3, -0.25) is 0 Å². The van der Waals surface area contributed by atoms with E-state index in [0.717, 1.165) is 0 Å². The molecular formula is C11H17N. The van der Waals surface area contributed by atoms with Gasteiger partial charge in [-0.25, -0.2) is 0 Å². The van der Waals surface area contributed by atoms with Gasteiger partial charge in [-0.05, 0) is 33.4 Å². The Kier molecular flexibility index (Phi) is 2.53. The van der Waals surface area contributed by atoms with Crippen molar-refractivity contribution in [2.45, 2.75) is 26.3 Å². The first-order chi connectivity index (χ1) is 5.62. The van der Waals surface area contributed by atoms with E-state index in [9.17, 15) is 0 Å². The maximum Gasteiger partial charge on any atom is 0.0589 e. The molecule has 1 heteroatoms. The lowest BCUT2D eigenvalue weighted by Gasteiger charge is -2.30. The molecule has 1 aliphatic rings. The van der Waals surface area contributed by atoms with Crippen molar-refractivity contribution in [1.29, 1.82) is 0 Å². The third-order valence-electron chi connectivity index (χ3n) is 2.49. The van der Waals surface area contributed by atoms with Gasteiger partial charge >= 0.3 is 0 Å². The summed E-state index contributed by atoms with van der Waals surface area (Å²) in [5, 5.41) is 3.30. The number of rotatable bonds is 1. The molecule has 1 unspecified atom stereocenters. The summed E-state index contributed by atoms with van der Waals surface area (Å²) in [6.45, 7) is 6.38. The Bertz CT molecular complexity index is 258. The second-order valence-corrected chi connectivity index (χ2v) is 3.42. The molecule has 0 fully saturated rings. The lowest BCUT2D eigenvalue weighted by atomic mass is 9.85. The maximum absolute atomic E-state index is 3.30. The summed E-state index contributed by atoms with van der Waals surface area (Å²) in [7, 11) is 1.99. The first-order valence-electron chi connectivity index (χ1n) is 4.35. The largest absolute Gasteiger partial charge is 0.308 e. The van der Waals surface area contributed by atoms with E-state index in [1.807, 2.05) is 7.05 Å². The van der Waals surface area contributed by atoms with Crippen molar-refractivity contribution in [3.63, 3.8) is 0 Å². The van der Waals surface area contributed by atoms with E-state index in [1.165, 1.54) is 11.1 Å². The smallest absolute Gasteiger partial charge is 0.0589 e. The highest BCUT2D eigenvalue weighted by molar-refractivity contribution is 5.45. The number of nitrogens with one attached hydrogen (secondary N) is 1. The standard InChI is InChI=1S/C11H17N/c1-5-10-8-9(2)6-7-11(10,3)12-4/h5-8,12H,1-4H3/b10-5-. The van der Waals surface area contributed by atoms with Crippen LogP contribution < -0.4 is 5.32 Å². The van der Waals surface area contributed by atoms with Gasteiger partial charge in [0.15, 0.2) is 0 Å². The van der Waals surface area contributed by atoms with Gasteiger partial charge in [0, 0.05) is 0 Å². The molecule has 0 aromatic heterocycles. The number of hydrogen-bond donors (Lipinski definition) is 1. The molecule has 0 aromatic rings. The van der Waals surface area contributed by atoms with Crippen molar-refractivity contribution < 1.29 is 0 Å². The van der Waals surface area contributed by atoms with Crippen LogP contribution in [0.5, 0.6) is 0 Å². The van der Waals surface area contributed by atoms with E-state index < -0.39 is 0 Å². The molecule has 0 heterocycles. The van der Waals surface area contributed by atoms with Crippen molar-refractivity contribution in [3.05, 3.63) is 35.5 Å². The molecule has 0 amide bonds. The molecule has 66 valence electrons. The highest BCUT2D eigenvalue weighted by Crippen LogP contribution is 2.25. The molecule has 1 rings (SSSR count). The summed E-state index contributed by atoms with van der Waals surface area (Å²) in [4.78, 5) is 0. The first kappa shape index (κ1) is 9.27. The second kappa shape index (κ2) is 3.28. The van der Waals surface area contributed by atoms with Crippen LogP contribution in [0.1, 0.15) is 20.8 Å². The van der Waals surface area contributed by atoms with Crippen molar-refractivity contribution in [2.75, 3.05) is 7.05 Å². The minimum absolute atomic E-state index is 0.0221. The topological polar surface area (TPSA) is 12.0 Å². The normalized spacial score (nSPS) is 32.3. The van der Waals surface area contributed by atoms with Crippen molar-refractivity contribution in [3.8, 4) is 0 Å². The number of likely N-dealkylation sites (N-methyl/N-ethyl adjacent to an activating group) is 1. The van der Waals surface area contributed by atoms with E-state index in [1.54, 1.807) is 0 Å². The van der Waals surface area contributed by atoms with Crippen LogP contribution in [-0.4, -0.2) is 12.6 Å². The molecule has 1 N–H and O–H groups in total. The van der Waals surface area contributed by atoms with E-state index in [0.29, 0.717) is 0 Å². The predicted octanol–water partition coefficient (Wildman–Crippen LogP) is 2.43. The zero-order chi connectivity index (χ0) is 9.19. The zero-order valence-corrected chi connectivity index (χ0v) is 8.31. The number of allylic oxidation sites excluding steroid dienone is 3. The van der Waals surface area contributed by atoms with Gasteiger partial charge in [0.2, 0.25) is 0 Å². The Balaban J connectivity index is 3.03. The summed E-state index contributed by atoms with van der Waals surface area (Å²) < 4.78 is 0. The first-order valence-corrected chi connectivity index (χ1v) is 4.35. The van der Waals surface area contributed by atoms with Crippen LogP contribution in [0.2, 0.25) is 0 Å². The van der Waals surface area contributed by atoms with Crippen LogP contribution in [0.25, 0.3) is 0 Å². The van der Waals surface area contributed by atoms with Crippen LogP contribution in [0.15, 0.2) is 35.5 Å². The molecule has 0 spiro atoms. The van der Waals surface area contributed by atoms with Crippen molar-refractivity contribution in [1.82, 2.24) is 5.32 Å². The average molecular weight is 163 g/mol. The van der Waals surface area contributed by atoms with E-state index in [4.69, 9.17) is 0 Å². The predicted molar refractivity (Wildman–Crippen MR) is 54.1 cm³/mol. The molecular weight excluding hydrogens is 146 g/mol. The summed E-state index contributed by atoms with van der Waals surface area (Å²) in [6.07, 6.45) is 8.74. The fourth-order valence-corrected chi connectivity index (χ4v) is 1.45. The summed E-state index contributed by atoms with van der Waals surface area (Å²) in [6, 6.07) is 0. The van der Waals surface area contributed by atoms with Gasteiger partial charge in [0.1, 0.15) is 0 Å². The third-order valence-corrected chi connectivity index (χ3v) is 2.49. The van der Waals surface area contributed by atoms with Crippen LogP contribution >= 0.6 is 0 Å². The average Bonchev–Trinajstić information content (AvgIpc) is 2.09. The zero-order valence-electron chi connectivity index (χ0n) is 8.31. The molecule has 1 atom stereocenters. The lowest BCUT2D eigenvalue weighted by molar-refractivity contribution is 0.561. The van der Waals surface area contributed by atoms with Crippen molar-refractivity contribution in [2.24, 2.45) is 0 Å². The van der Waals surface area contributed by atoms with Gasteiger partial charge < -0.3 is 5.32 Å². The summed E-state index contributed by atoms with van der Waals surface area (Å²) >= 11 is 0. The Morgan fingerprint density at radius 1 is 1.50 bits per heavy atom. The van der Waals surface area contributed by atoms with Crippen molar-refractivity contribution >= 4 is 0 Å². The lowest BCUT2D eigenvalue weighted by Crippen LogP contribution is -2.40. The number of hydrogen-bond acceptors (Lipinski definition) is 1. The molecule has 1 nitrogen and oxygen atoms in total. The third kappa shape index (κ3) is 1.51. The SMILES string of the molecule is C/C=C1/C=C(C)C=CC1(C)NC.